The highest BCUT2D eigenvalue weighted by Crippen LogP contribution is 2.33. The van der Waals surface area contributed by atoms with Crippen LogP contribution in [-0.2, 0) is 6.18 Å². The summed E-state index contributed by atoms with van der Waals surface area (Å²) >= 11 is 0. The molecule has 0 saturated carbocycles. The minimum Gasteiger partial charge on any atom is -0.480 e. The van der Waals surface area contributed by atoms with Crippen molar-refractivity contribution in [3.05, 3.63) is 53.0 Å². The Bertz CT molecular complexity index is 837. The number of hydrogen-bond acceptors (Lipinski definition) is 4. The molecule has 0 bridgehead atoms. The first-order chi connectivity index (χ1) is 11.6. The summed E-state index contributed by atoms with van der Waals surface area (Å²) in [4.78, 5) is 27.2. The molecule has 0 saturated heterocycles. The van der Waals surface area contributed by atoms with Crippen molar-refractivity contribution in [2.45, 2.75) is 6.18 Å². The first kappa shape index (κ1) is 18.2. The molecule has 1 aromatic carbocycles. The number of carbonyl (C=O) groups is 2. The van der Waals surface area contributed by atoms with Crippen molar-refractivity contribution in [2.75, 3.05) is 12.4 Å². The van der Waals surface area contributed by atoms with E-state index in [4.69, 9.17) is 10.5 Å². The number of benzene rings is 1. The molecule has 2 aromatic rings. The maximum absolute atomic E-state index is 13.1. The third-order valence-electron chi connectivity index (χ3n) is 3.10. The molecular weight excluding hydrogens is 346 g/mol. The number of nitrogens with one attached hydrogen (secondary N) is 1. The first-order valence-corrected chi connectivity index (χ1v) is 6.65. The van der Waals surface area contributed by atoms with E-state index in [9.17, 15) is 27.2 Å². The number of primary amides is 1. The lowest BCUT2D eigenvalue weighted by Crippen LogP contribution is -2.20. The van der Waals surface area contributed by atoms with Gasteiger partial charge in [-0.2, -0.15) is 13.2 Å². The van der Waals surface area contributed by atoms with E-state index in [0.29, 0.717) is 6.07 Å². The van der Waals surface area contributed by atoms with E-state index in [2.05, 4.69) is 10.3 Å². The van der Waals surface area contributed by atoms with Crippen molar-refractivity contribution < 1.29 is 31.9 Å². The molecule has 2 rings (SSSR count). The van der Waals surface area contributed by atoms with Crippen LogP contribution in [0.5, 0.6) is 5.88 Å². The minimum atomic E-state index is -4.93. The molecule has 0 unspecified atom stereocenters. The van der Waals surface area contributed by atoms with E-state index >= 15 is 0 Å². The molecule has 10 heteroatoms. The Morgan fingerprint density at radius 2 is 1.88 bits per heavy atom. The summed E-state index contributed by atoms with van der Waals surface area (Å²) in [5.41, 5.74) is 2.66. The van der Waals surface area contributed by atoms with Gasteiger partial charge in [0, 0.05) is 0 Å². The summed E-state index contributed by atoms with van der Waals surface area (Å²) in [6, 6.07) is 2.75. The highest BCUT2D eigenvalue weighted by molar-refractivity contribution is 6.06. The Morgan fingerprint density at radius 1 is 1.20 bits per heavy atom. The van der Waals surface area contributed by atoms with Gasteiger partial charge < -0.3 is 15.8 Å². The van der Waals surface area contributed by atoms with Gasteiger partial charge in [-0.1, -0.05) is 0 Å². The molecule has 0 fully saturated rings. The zero-order valence-corrected chi connectivity index (χ0v) is 12.6. The molecule has 6 nitrogen and oxygen atoms in total. The Kier molecular flexibility index (Phi) is 4.91. The number of amides is 2. The van der Waals surface area contributed by atoms with Gasteiger partial charge in [0.1, 0.15) is 11.4 Å². The lowest BCUT2D eigenvalue weighted by Gasteiger charge is -2.13. The number of aromatic nitrogens is 1. The summed E-state index contributed by atoms with van der Waals surface area (Å²) in [5, 5.41) is 2.15. The van der Waals surface area contributed by atoms with Gasteiger partial charge in [0.05, 0.1) is 30.1 Å². The second-order valence-corrected chi connectivity index (χ2v) is 4.79. The molecule has 0 aliphatic rings. The number of anilines is 1. The van der Waals surface area contributed by atoms with Crippen LogP contribution < -0.4 is 15.8 Å². The van der Waals surface area contributed by atoms with Gasteiger partial charge in [-0.3, -0.25) is 9.59 Å². The fourth-order valence-corrected chi connectivity index (χ4v) is 2.01. The van der Waals surface area contributed by atoms with Crippen LogP contribution >= 0.6 is 0 Å². The van der Waals surface area contributed by atoms with Crippen molar-refractivity contribution in [3.8, 4) is 5.88 Å². The van der Waals surface area contributed by atoms with E-state index in [-0.39, 0.29) is 23.2 Å². The number of alkyl halides is 3. The lowest BCUT2D eigenvalue weighted by molar-refractivity contribution is -0.138. The predicted octanol–water partition coefficient (Wildman–Crippen LogP) is 2.60. The van der Waals surface area contributed by atoms with Crippen LogP contribution in [-0.4, -0.2) is 23.9 Å². The topological polar surface area (TPSA) is 94.3 Å². The summed E-state index contributed by atoms with van der Waals surface area (Å²) in [5.74, 6) is -3.30. The molecule has 0 atom stereocenters. The highest BCUT2D eigenvalue weighted by Gasteiger charge is 2.35. The highest BCUT2D eigenvalue weighted by atomic mass is 19.4. The number of nitrogens with zero attached hydrogens (tertiary/aromatic N) is 1. The van der Waals surface area contributed by atoms with Gasteiger partial charge in [0.2, 0.25) is 5.88 Å². The van der Waals surface area contributed by atoms with Crippen molar-refractivity contribution in [1.82, 2.24) is 4.98 Å². The Balaban J connectivity index is 2.38. The fourth-order valence-electron chi connectivity index (χ4n) is 2.01. The van der Waals surface area contributed by atoms with Crippen molar-refractivity contribution in [2.24, 2.45) is 5.73 Å². The smallest absolute Gasteiger partial charge is 0.417 e. The normalized spacial score (nSPS) is 11.1. The number of halogens is 4. The van der Waals surface area contributed by atoms with Crippen LogP contribution in [0.15, 0.2) is 30.5 Å². The maximum atomic E-state index is 13.1. The number of rotatable bonds is 4. The molecule has 3 N–H and O–H groups in total. The number of nitrogens with two attached hydrogens (primary N) is 1. The second-order valence-electron chi connectivity index (χ2n) is 4.79. The molecule has 0 spiro atoms. The average Bonchev–Trinajstić information content (AvgIpc) is 2.53. The molecule has 1 heterocycles. The zero-order chi connectivity index (χ0) is 18.8. The second kappa shape index (κ2) is 6.75. The van der Waals surface area contributed by atoms with Crippen molar-refractivity contribution >= 4 is 17.5 Å². The Labute approximate surface area is 138 Å². The summed E-state index contributed by atoms with van der Waals surface area (Å²) in [7, 11) is 1.24. The summed E-state index contributed by atoms with van der Waals surface area (Å²) in [6.07, 6.45) is -3.86. The van der Waals surface area contributed by atoms with Gasteiger partial charge in [0.25, 0.3) is 11.8 Å². The first-order valence-electron chi connectivity index (χ1n) is 6.65. The van der Waals surface area contributed by atoms with Crippen molar-refractivity contribution in [1.29, 1.82) is 0 Å². The molecular formula is C15H11F4N3O3. The molecule has 0 aliphatic carbocycles. The van der Waals surface area contributed by atoms with E-state index in [1.165, 1.54) is 7.11 Å². The predicted molar refractivity (Wildman–Crippen MR) is 78.7 cm³/mol. The summed E-state index contributed by atoms with van der Waals surface area (Å²) in [6.45, 7) is 0. The molecule has 2 amide bonds. The third-order valence-corrected chi connectivity index (χ3v) is 3.10. The zero-order valence-electron chi connectivity index (χ0n) is 12.6. The lowest BCUT2D eigenvalue weighted by atomic mass is 10.1. The average molecular weight is 357 g/mol. The number of pyridine rings is 1. The Morgan fingerprint density at radius 3 is 2.44 bits per heavy atom. The monoisotopic (exact) mass is 357 g/mol. The number of carbonyl (C=O) groups excluding carboxylic acids is 2. The van der Waals surface area contributed by atoms with Crippen LogP contribution in [0.2, 0.25) is 0 Å². The molecule has 0 aliphatic heterocycles. The maximum Gasteiger partial charge on any atom is 0.417 e. The molecule has 132 valence electrons. The van der Waals surface area contributed by atoms with Crippen LogP contribution in [0.1, 0.15) is 26.3 Å². The molecule has 25 heavy (non-hydrogen) atoms. The number of ether oxygens (including phenoxy) is 1. The van der Waals surface area contributed by atoms with Crippen LogP contribution in [0.4, 0.5) is 23.2 Å². The Hall–Kier alpha value is -3.17. The quantitative estimate of drug-likeness (QED) is 0.823. The third kappa shape index (κ3) is 4.03. The van der Waals surface area contributed by atoms with E-state index in [1.54, 1.807) is 0 Å². The standard InChI is InChI=1S/C15H11F4N3O3/c1-25-14-10(12(20)23)5-8(6-21-14)22-13(24)9-3-2-7(16)4-11(9)15(17,18)19/h2-6H,1H3,(H2,20,23)(H,22,24). The largest absolute Gasteiger partial charge is 0.480 e. The van der Waals surface area contributed by atoms with Crippen LogP contribution in [0.3, 0.4) is 0 Å². The van der Waals surface area contributed by atoms with Crippen molar-refractivity contribution in [3.63, 3.8) is 0 Å². The number of methoxy groups -OCH3 is 1. The van der Waals surface area contributed by atoms with E-state index in [0.717, 1.165) is 18.3 Å². The van der Waals surface area contributed by atoms with Crippen LogP contribution in [0.25, 0.3) is 0 Å². The SMILES string of the molecule is COc1ncc(NC(=O)c2ccc(F)cc2C(F)(F)F)cc1C(N)=O. The minimum absolute atomic E-state index is 0.0861. The number of hydrogen-bond donors (Lipinski definition) is 2. The van der Waals surface area contributed by atoms with Gasteiger partial charge in [0.15, 0.2) is 0 Å². The van der Waals surface area contributed by atoms with Gasteiger partial charge in [-0.25, -0.2) is 9.37 Å². The fraction of sp³-hybridized carbons (Fsp3) is 0.133. The van der Waals surface area contributed by atoms with Gasteiger partial charge in [-0.15, -0.1) is 0 Å². The van der Waals surface area contributed by atoms with E-state index < -0.39 is 34.9 Å². The van der Waals surface area contributed by atoms with Gasteiger partial charge >= 0.3 is 6.18 Å². The molecule has 0 radical (unpaired) electrons. The van der Waals surface area contributed by atoms with Crippen LogP contribution in [0, 0.1) is 5.82 Å². The molecule has 1 aromatic heterocycles. The van der Waals surface area contributed by atoms with E-state index in [1.807, 2.05) is 0 Å². The summed E-state index contributed by atoms with van der Waals surface area (Å²) < 4.78 is 56.8. The van der Waals surface area contributed by atoms with Gasteiger partial charge in [-0.05, 0) is 24.3 Å².